The second kappa shape index (κ2) is 4.70. The van der Waals surface area contributed by atoms with E-state index in [0.29, 0.717) is 0 Å². The van der Waals surface area contributed by atoms with E-state index in [4.69, 9.17) is 0 Å². The van der Waals surface area contributed by atoms with E-state index in [1.165, 1.54) is 0 Å². The first-order valence-electron chi connectivity index (χ1n) is 4.61. The third kappa shape index (κ3) is 2.93. The van der Waals surface area contributed by atoms with Gasteiger partial charge in [-0.05, 0) is 18.6 Å². The predicted molar refractivity (Wildman–Crippen MR) is 57.3 cm³/mol. The molecule has 0 aliphatic rings. The normalized spacial score (nSPS) is 9.77. The summed E-state index contributed by atoms with van der Waals surface area (Å²) in [5, 5.41) is 3.28. The summed E-state index contributed by atoms with van der Waals surface area (Å²) in [6, 6.07) is 4.07. The van der Waals surface area contributed by atoms with Crippen LogP contribution >= 0.6 is 0 Å². The molecule has 3 nitrogen and oxygen atoms in total. The van der Waals surface area contributed by atoms with Gasteiger partial charge in [0.2, 0.25) is 0 Å². The Bertz CT molecular complexity index is 241. The molecule has 0 saturated carbocycles. The molecule has 0 spiro atoms. The van der Waals surface area contributed by atoms with Crippen molar-refractivity contribution in [1.82, 2.24) is 4.98 Å². The molecule has 0 radical (unpaired) electrons. The molecule has 0 fully saturated rings. The van der Waals surface area contributed by atoms with Gasteiger partial charge in [0.1, 0.15) is 5.82 Å². The minimum atomic E-state index is 0.988. The Morgan fingerprint density at radius 2 is 2.15 bits per heavy atom. The maximum atomic E-state index is 4.29. The Morgan fingerprint density at radius 3 is 2.62 bits per heavy atom. The first kappa shape index (κ1) is 9.84. The lowest BCUT2D eigenvalue weighted by molar-refractivity contribution is 0.975. The molecule has 72 valence electrons. The molecule has 13 heavy (non-hydrogen) atoms. The van der Waals surface area contributed by atoms with E-state index in [-0.39, 0.29) is 0 Å². The lowest BCUT2D eigenvalue weighted by Crippen LogP contribution is -2.10. The second-order valence-corrected chi connectivity index (χ2v) is 3.23. The lowest BCUT2D eigenvalue weighted by atomic mass is 10.3. The van der Waals surface area contributed by atoms with Gasteiger partial charge < -0.3 is 10.2 Å². The van der Waals surface area contributed by atoms with E-state index in [2.05, 4.69) is 23.3 Å². The molecule has 1 aromatic heterocycles. The van der Waals surface area contributed by atoms with Gasteiger partial charge in [-0.25, -0.2) is 4.98 Å². The Balaban J connectivity index is 2.59. The maximum absolute atomic E-state index is 4.29. The highest BCUT2D eigenvalue weighted by Crippen LogP contribution is 2.11. The van der Waals surface area contributed by atoms with Gasteiger partial charge in [-0.15, -0.1) is 0 Å². The molecule has 1 rings (SSSR count). The van der Waals surface area contributed by atoms with Crippen LogP contribution in [0.3, 0.4) is 0 Å². The van der Waals surface area contributed by atoms with Gasteiger partial charge >= 0.3 is 0 Å². The lowest BCUT2D eigenvalue weighted by Gasteiger charge is -2.11. The largest absolute Gasteiger partial charge is 0.384 e. The van der Waals surface area contributed by atoms with Crippen molar-refractivity contribution in [2.75, 3.05) is 30.9 Å². The first-order chi connectivity index (χ1) is 6.24. The van der Waals surface area contributed by atoms with E-state index in [1.807, 2.05) is 31.3 Å². The highest BCUT2D eigenvalue weighted by atomic mass is 15.1. The van der Waals surface area contributed by atoms with Crippen molar-refractivity contribution < 1.29 is 0 Å². The van der Waals surface area contributed by atoms with Crippen LogP contribution in [-0.4, -0.2) is 25.6 Å². The van der Waals surface area contributed by atoms with Crippen LogP contribution in [0.2, 0.25) is 0 Å². The van der Waals surface area contributed by atoms with Gasteiger partial charge in [0.15, 0.2) is 0 Å². The van der Waals surface area contributed by atoms with E-state index >= 15 is 0 Å². The van der Waals surface area contributed by atoms with Crippen LogP contribution in [0.25, 0.3) is 0 Å². The third-order valence-corrected chi connectivity index (χ3v) is 1.79. The molecule has 0 aliphatic carbocycles. The number of hydrogen-bond donors (Lipinski definition) is 1. The maximum Gasteiger partial charge on any atom is 0.128 e. The van der Waals surface area contributed by atoms with Crippen LogP contribution in [-0.2, 0) is 0 Å². The van der Waals surface area contributed by atoms with Crippen molar-refractivity contribution in [1.29, 1.82) is 0 Å². The number of pyridine rings is 1. The SMILES string of the molecule is CCCNc1ccc(N(C)C)nc1. The summed E-state index contributed by atoms with van der Waals surface area (Å²) in [5.41, 5.74) is 1.09. The number of nitrogens with zero attached hydrogens (tertiary/aromatic N) is 2. The van der Waals surface area contributed by atoms with Gasteiger partial charge in [0, 0.05) is 20.6 Å². The summed E-state index contributed by atoms with van der Waals surface area (Å²) >= 11 is 0. The van der Waals surface area contributed by atoms with Gasteiger partial charge in [-0.1, -0.05) is 6.92 Å². The number of anilines is 2. The van der Waals surface area contributed by atoms with Gasteiger partial charge in [-0.2, -0.15) is 0 Å². The standard InChI is InChI=1S/C10H17N3/c1-4-7-11-9-5-6-10(12-8-9)13(2)3/h5-6,8,11H,4,7H2,1-3H3. The molecule has 0 aromatic carbocycles. The Morgan fingerprint density at radius 1 is 1.38 bits per heavy atom. The molecule has 1 N–H and O–H groups in total. The molecular weight excluding hydrogens is 162 g/mol. The van der Waals surface area contributed by atoms with E-state index in [9.17, 15) is 0 Å². The van der Waals surface area contributed by atoms with Crippen LogP contribution in [0.15, 0.2) is 18.3 Å². The zero-order valence-corrected chi connectivity index (χ0v) is 8.54. The zero-order valence-electron chi connectivity index (χ0n) is 8.54. The molecule has 1 aromatic rings. The number of aromatic nitrogens is 1. The Labute approximate surface area is 79.8 Å². The molecule has 0 saturated heterocycles. The van der Waals surface area contributed by atoms with Gasteiger partial charge in [-0.3, -0.25) is 0 Å². The minimum absolute atomic E-state index is 0.988. The average Bonchev–Trinajstić information content (AvgIpc) is 2.15. The van der Waals surface area contributed by atoms with Gasteiger partial charge in [0.25, 0.3) is 0 Å². The molecule has 0 aliphatic heterocycles. The molecule has 3 heteroatoms. The number of nitrogens with one attached hydrogen (secondary N) is 1. The van der Waals surface area contributed by atoms with Crippen LogP contribution in [0.4, 0.5) is 11.5 Å². The van der Waals surface area contributed by atoms with E-state index in [0.717, 1.165) is 24.5 Å². The fraction of sp³-hybridized carbons (Fsp3) is 0.500. The topological polar surface area (TPSA) is 28.2 Å². The van der Waals surface area contributed by atoms with Crippen molar-refractivity contribution in [3.63, 3.8) is 0 Å². The van der Waals surface area contributed by atoms with Crippen LogP contribution < -0.4 is 10.2 Å². The van der Waals surface area contributed by atoms with Crippen LogP contribution in [0, 0.1) is 0 Å². The Hall–Kier alpha value is -1.25. The minimum Gasteiger partial charge on any atom is -0.384 e. The smallest absolute Gasteiger partial charge is 0.128 e. The summed E-state index contributed by atoms with van der Waals surface area (Å²) < 4.78 is 0. The molecule has 0 unspecified atom stereocenters. The number of hydrogen-bond acceptors (Lipinski definition) is 3. The summed E-state index contributed by atoms with van der Waals surface area (Å²) in [6.07, 6.45) is 3.00. The summed E-state index contributed by atoms with van der Waals surface area (Å²) in [5.74, 6) is 0.988. The van der Waals surface area contributed by atoms with Crippen molar-refractivity contribution in [3.8, 4) is 0 Å². The predicted octanol–water partition coefficient (Wildman–Crippen LogP) is 1.97. The quantitative estimate of drug-likeness (QED) is 0.766. The van der Waals surface area contributed by atoms with Crippen molar-refractivity contribution in [2.24, 2.45) is 0 Å². The average molecular weight is 179 g/mol. The van der Waals surface area contributed by atoms with E-state index < -0.39 is 0 Å². The molecule has 0 amide bonds. The monoisotopic (exact) mass is 179 g/mol. The zero-order chi connectivity index (χ0) is 9.68. The first-order valence-corrected chi connectivity index (χ1v) is 4.61. The van der Waals surface area contributed by atoms with Gasteiger partial charge in [0.05, 0.1) is 11.9 Å². The summed E-state index contributed by atoms with van der Waals surface area (Å²) in [7, 11) is 3.98. The fourth-order valence-electron chi connectivity index (χ4n) is 1.02. The highest BCUT2D eigenvalue weighted by molar-refractivity contribution is 5.47. The van der Waals surface area contributed by atoms with Crippen molar-refractivity contribution >= 4 is 11.5 Å². The molecular formula is C10H17N3. The summed E-state index contributed by atoms with van der Waals surface area (Å²) in [4.78, 5) is 6.28. The van der Waals surface area contributed by atoms with Crippen LogP contribution in [0.5, 0.6) is 0 Å². The van der Waals surface area contributed by atoms with Crippen molar-refractivity contribution in [3.05, 3.63) is 18.3 Å². The Kier molecular flexibility index (Phi) is 3.55. The number of rotatable bonds is 4. The second-order valence-electron chi connectivity index (χ2n) is 3.23. The summed E-state index contributed by atoms with van der Waals surface area (Å²) in [6.45, 7) is 3.15. The fourth-order valence-corrected chi connectivity index (χ4v) is 1.02. The third-order valence-electron chi connectivity index (χ3n) is 1.79. The molecule has 0 bridgehead atoms. The highest BCUT2D eigenvalue weighted by Gasteiger charge is 1.95. The molecule has 1 heterocycles. The van der Waals surface area contributed by atoms with Crippen molar-refractivity contribution in [2.45, 2.75) is 13.3 Å². The molecule has 0 atom stereocenters. The van der Waals surface area contributed by atoms with E-state index in [1.54, 1.807) is 0 Å². The van der Waals surface area contributed by atoms with Crippen LogP contribution in [0.1, 0.15) is 13.3 Å².